The number of nitrogens with zero attached hydrogens (tertiary/aromatic N) is 2. The molecule has 33 heavy (non-hydrogen) atoms. The number of benzene rings is 1. The fourth-order valence-corrected chi connectivity index (χ4v) is 4.85. The van der Waals surface area contributed by atoms with Crippen molar-refractivity contribution in [3.8, 4) is 0 Å². The fourth-order valence-electron chi connectivity index (χ4n) is 4.85. The monoisotopic (exact) mass is 446 g/mol. The van der Waals surface area contributed by atoms with E-state index in [1.165, 1.54) is 13.8 Å². The number of pyridine rings is 1. The lowest BCUT2D eigenvalue weighted by Gasteiger charge is -2.37. The molecule has 0 fully saturated rings. The molecule has 6 nitrogen and oxygen atoms in total. The molecule has 0 spiro atoms. The highest BCUT2D eigenvalue weighted by Gasteiger charge is 2.45. The fraction of sp³-hybridized carbons (Fsp3) is 0.407. The first-order valence-electron chi connectivity index (χ1n) is 11.6. The zero-order chi connectivity index (χ0) is 23.8. The van der Waals surface area contributed by atoms with Gasteiger partial charge in [0.15, 0.2) is 11.4 Å². The summed E-state index contributed by atoms with van der Waals surface area (Å²) in [5.74, 6) is -0.819. The van der Waals surface area contributed by atoms with Gasteiger partial charge in [0.25, 0.3) is 0 Å². The number of esters is 1. The molecule has 0 N–H and O–H groups in total. The standard InChI is InChI=1S/C27H30N2O4/c1-5-19-15-29-16-21-13-20-9-7-8-10-23(20)28-26(21)24(29)14-22(19)27(6-2,18(4)31)33-25(32)12-11-17(3)30/h7-10,13-14H,5-6,11-12,15-16H2,1-4H3. The summed E-state index contributed by atoms with van der Waals surface area (Å²) in [6, 6.07) is 10.2. The average Bonchev–Trinajstić information content (AvgIpc) is 3.14. The summed E-state index contributed by atoms with van der Waals surface area (Å²) in [6.07, 6.45) is 3.14. The molecule has 0 aliphatic carbocycles. The van der Waals surface area contributed by atoms with E-state index in [1.54, 1.807) is 0 Å². The number of hydrogen-bond donors (Lipinski definition) is 0. The molecule has 0 bridgehead atoms. The number of carbonyl (C=O) groups is 3. The van der Waals surface area contributed by atoms with E-state index in [9.17, 15) is 14.4 Å². The number of fused-ring (bicyclic) bond motifs is 4. The second-order valence-corrected chi connectivity index (χ2v) is 8.86. The summed E-state index contributed by atoms with van der Waals surface area (Å²) in [5, 5.41) is 1.10. The Balaban J connectivity index is 1.79. The van der Waals surface area contributed by atoms with Crippen LogP contribution in [0.2, 0.25) is 0 Å². The molecule has 0 radical (unpaired) electrons. The Kier molecular flexibility index (Phi) is 6.19. The highest BCUT2D eigenvalue weighted by molar-refractivity contribution is 5.94. The average molecular weight is 447 g/mol. The van der Waals surface area contributed by atoms with Crippen molar-refractivity contribution >= 4 is 34.1 Å². The minimum absolute atomic E-state index is 0.0296. The van der Waals surface area contributed by atoms with Crippen molar-refractivity contribution in [1.29, 1.82) is 0 Å². The van der Waals surface area contributed by atoms with Crippen LogP contribution in [0.5, 0.6) is 0 Å². The van der Waals surface area contributed by atoms with Crippen LogP contribution in [0.1, 0.15) is 64.6 Å². The van der Waals surface area contributed by atoms with Gasteiger partial charge in [0, 0.05) is 30.5 Å². The maximum absolute atomic E-state index is 13.0. The number of ether oxygens (including phenoxy) is 1. The Morgan fingerprint density at radius 3 is 2.52 bits per heavy atom. The molecular weight excluding hydrogens is 416 g/mol. The lowest BCUT2D eigenvalue weighted by Crippen LogP contribution is -2.45. The number of aromatic nitrogens is 1. The molecule has 0 saturated carbocycles. The molecule has 3 heterocycles. The number of ketones is 2. The number of para-hydroxylation sites is 1. The predicted octanol–water partition coefficient (Wildman–Crippen LogP) is 4.76. The topological polar surface area (TPSA) is 76.6 Å². The number of Topliss-reactive ketones (excluding diaryl/α,β-unsaturated/α-hetero) is 2. The minimum Gasteiger partial charge on any atom is -0.446 e. The molecule has 2 aromatic rings. The number of rotatable bonds is 8. The Morgan fingerprint density at radius 2 is 1.85 bits per heavy atom. The van der Waals surface area contributed by atoms with Crippen LogP contribution < -0.4 is 0 Å². The summed E-state index contributed by atoms with van der Waals surface area (Å²) in [7, 11) is 0. The molecule has 6 heteroatoms. The van der Waals surface area contributed by atoms with E-state index in [0.29, 0.717) is 13.0 Å². The number of hydrogen-bond acceptors (Lipinski definition) is 6. The summed E-state index contributed by atoms with van der Waals surface area (Å²) in [5.41, 5.74) is 4.42. The highest BCUT2D eigenvalue weighted by atomic mass is 16.6. The van der Waals surface area contributed by atoms with E-state index >= 15 is 0 Å². The van der Waals surface area contributed by atoms with Crippen LogP contribution in [-0.4, -0.2) is 39.6 Å². The third kappa shape index (κ3) is 4.10. The molecule has 2 aliphatic rings. The van der Waals surface area contributed by atoms with Gasteiger partial charge in [-0.1, -0.05) is 32.0 Å². The maximum atomic E-state index is 13.0. The Labute approximate surface area is 194 Å². The van der Waals surface area contributed by atoms with Crippen molar-refractivity contribution in [2.75, 3.05) is 6.54 Å². The van der Waals surface area contributed by atoms with Gasteiger partial charge in [-0.15, -0.1) is 0 Å². The Hall–Kier alpha value is -3.28. The van der Waals surface area contributed by atoms with Gasteiger partial charge in [0.2, 0.25) is 0 Å². The Morgan fingerprint density at radius 1 is 1.09 bits per heavy atom. The van der Waals surface area contributed by atoms with Crippen LogP contribution in [0.3, 0.4) is 0 Å². The zero-order valence-corrected chi connectivity index (χ0v) is 19.7. The van der Waals surface area contributed by atoms with Crippen LogP contribution in [-0.2, 0) is 25.7 Å². The van der Waals surface area contributed by atoms with E-state index in [0.717, 1.165) is 52.0 Å². The normalized spacial score (nSPS) is 16.7. The van der Waals surface area contributed by atoms with Crippen molar-refractivity contribution < 1.29 is 19.1 Å². The van der Waals surface area contributed by atoms with Crippen molar-refractivity contribution in [3.05, 3.63) is 58.8 Å². The van der Waals surface area contributed by atoms with E-state index in [1.807, 2.05) is 31.2 Å². The number of carbonyl (C=O) groups excluding carboxylic acids is 3. The molecular formula is C27H30N2O4. The van der Waals surface area contributed by atoms with Gasteiger partial charge in [-0.2, -0.15) is 0 Å². The van der Waals surface area contributed by atoms with Crippen LogP contribution in [0.15, 0.2) is 47.6 Å². The van der Waals surface area contributed by atoms with Gasteiger partial charge >= 0.3 is 5.97 Å². The van der Waals surface area contributed by atoms with Gasteiger partial charge in [-0.05, 0) is 56.0 Å². The highest BCUT2D eigenvalue weighted by Crippen LogP contribution is 2.43. The van der Waals surface area contributed by atoms with Gasteiger partial charge in [-0.3, -0.25) is 9.59 Å². The van der Waals surface area contributed by atoms with Crippen LogP contribution in [0.25, 0.3) is 16.6 Å². The molecule has 172 valence electrons. The third-order valence-electron chi connectivity index (χ3n) is 6.69. The summed E-state index contributed by atoms with van der Waals surface area (Å²) in [4.78, 5) is 44.2. The van der Waals surface area contributed by atoms with Gasteiger partial charge in [0.05, 0.1) is 23.3 Å². The molecule has 4 rings (SSSR count). The summed E-state index contributed by atoms with van der Waals surface area (Å²) < 4.78 is 5.90. The van der Waals surface area contributed by atoms with Crippen LogP contribution >= 0.6 is 0 Å². The smallest absolute Gasteiger partial charge is 0.307 e. The minimum atomic E-state index is -1.36. The van der Waals surface area contributed by atoms with Gasteiger partial charge in [-0.25, -0.2) is 4.98 Å². The quantitative estimate of drug-likeness (QED) is 0.544. The predicted molar refractivity (Wildman–Crippen MR) is 127 cm³/mol. The van der Waals surface area contributed by atoms with Crippen LogP contribution in [0.4, 0.5) is 0 Å². The molecule has 0 saturated heterocycles. The van der Waals surface area contributed by atoms with Gasteiger partial charge in [0.1, 0.15) is 5.78 Å². The van der Waals surface area contributed by atoms with Crippen LogP contribution in [0, 0.1) is 0 Å². The lowest BCUT2D eigenvalue weighted by molar-refractivity contribution is -0.163. The second kappa shape index (κ2) is 8.93. The van der Waals surface area contributed by atoms with Crippen molar-refractivity contribution in [1.82, 2.24) is 9.88 Å². The summed E-state index contributed by atoms with van der Waals surface area (Å²) in [6.45, 7) is 8.25. The molecule has 1 atom stereocenters. The largest absolute Gasteiger partial charge is 0.446 e. The Bertz CT molecular complexity index is 1210. The second-order valence-electron chi connectivity index (χ2n) is 8.86. The van der Waals surface area contributed by atoms with E-state index in [-0.39, 0.29) is 24.4 Å². The van der Waals surface area contributed by atoms with E-state index < -0.39 is 11.6 Å². The maximum Gasteiger partial charge on any atom is 0.307 e. The summed E-state index contributed by atoms with van der Waals surface area (Å²) >= 11 is 0. The van der Waals surface area contributed by atoms with Crippen molar-refractivity contribution in [2.45, 2.75) is 65.5 Å². The molecule has 1 aromatic carbocycles. The lowest BCUT2D eigenvalue weighted by atomic mass is 9.80. The SMILES string of the molecule is CCC1=C(C(CC)(OC(=O)CCC(C)=O)C(C)=O)C=C2c3nc4ccccc4cc3CN2C1. The third-order valence-corrected chi connectivity index (χ3v) is 6.69. The molecule has 1 aromatic heterocycles. The first-order chi connectivity index (χ1) is 15.8. The van der Waals surface area contributed by atoms with E-state index in [4.69, 9.17) is 9.72 Å². The van der Waals surface area contributed by atoms with Crippen molar-refractivity contribution in [2.24, 2.45) is 0 Å². The first kappa shape index (κ1) is 22.9. The molecule has 2 aliphatic heterocycles. The zero-order valence-electron chi connectivity index (χ0n) is 19.7. The van der Waals surface area contributed by atoms with E-state index in [2.05, 4.69) is 24.0 Å². The van der Waals surface area contributed by atoms with Crippen molar-refractivity contribution in [3.63, 3.8) is 0 Å². The molecule has 1 unspecified atom stereocenters. The first-order valence-corrected chi connectivity index (χ1v) is 11.6. The van der Waals surface area contributed by atoms with Gasteiger partial charge < -0.3 is 14.4 Å². The molecule has 0 amide bonds.